The van der Waals surface area contributed by atoms with E-state index in [0.717, 1.165) is 13.7 Å². The zero-order valence-electron chi connectivity index (χ0n) is 9.65. The summed E-state index contributed by atoms with van der Waals surface area (Å²) in [4.78, 5) is 15.3. The number of pyridine rings is 1. The Kier molecular flexibility index (Phi) is 4.25. The van der Waals surface area contributed by atoms with Gasteiger partial charge in [-0.1, -0.05) is 0 Å². The predicted molar refractivity (Wildman–Crippen MR) is 87.3 cm³/mol. The zero-order valence-corrected chi connectivity index (χ0v) is 13.4. The van der Waals surface area contributed by atoms with Crippen LogP contribution in [0.2, 0.25) is 0 Å². The van der Waals surface area contributed by atoms with E-state index in [2.05, 4.69) is 48.8 Å². The molecule has 1 aromatic heterocycles. The van der Waals surface area contributed by atoms with Gasteiger partial charge in [-0.15, -0.1) is 0 Å². The Balaban J connectivity index is 2.37. The van der Waals surface area contributed by atoms with Crippen LogP contribution in [-0.4, -0.2) is 10.9 Å². The lowest BCUT2D eigenvalue weighted by Gasteiger charge is -2.11. The van der Waals surface area contributed by atoms with Crippen molar-refractivity contribution in [1.29, 1.82) is 0 Å². The SMILES string of the molecule is NC(=O)c1cc(N)ncc1Nc1ccc(I)c(Br)c1. The van der Waals surface area contributed by atoms with Crippen molar-refractivity contribution in [2.45, 2.75) is 0 Å². The third-order valence-electron chi connectivity index (χ3n) is 2.39. The van der Waals surface area contributed by atoms with Crippen molar-refractivity contribution in [3.63, 3.8) is 0 Å². The van der Waals surface area contributed by atoms with Gasteiger partial charge in [-0.3, -0.25) is 4.79 Å². The minimum Gasteiger partial charge on any atom is -0.384 e. The summed E-state index contributed by atoms with van der Waals surface area (Å²) in [5.74, 6) is -0.302. The summed E-state index contributed by atoms with van der Waals surface area (Å²) < 4.78 is 2.05. The average molecular weight is 433 g/mol. The largest absolute Gasteiger partial charge is 0.384 e. The van der Waals surface area contributed by atoms with Crippen LogP contribution in [0.15, 0.2) is 34.9 Å². The molecule has 0 spiro atoms. The van der Waals surface area contributed by atoms with E-state index in [-0.39, 0.29) is 5.82 Å². The standard InChI is InChI=1S/C12H10BrIN4O/c13-8-3-6(1-2-9(8)14)18-10-5-17-11(15)4-7(10)12(16)19/h1-5,18H,(H2,15,17)(H2,16,19). The summed E-state index contributed by atoms with van der Waals surface area (Å²) >= 11 is 5.66. The van der Waals surface area contributed by atoms with Crippen molar-refractivity contribution < 1.29 is 4.79 Å². The van der Waals surface area contributed by atoms with E-state index in [1.54, 1.807) is 0 Å². The molecule has 0 atom stereocenters. The van der Waals surface area contributed by atoms with Crippen molar-refractivity contribution in [2.24, 2.45) is 5.73 Å². The van der Waals surface area contributed by atoms with Crippen LogP contribution in [0.4, 0.5) is 17.2 Å². The molecule has 1 heterocycles. The summed E-state index contributed by atoms with van der Waals surface area (Å²) in [7, 11) is 0. The summed E-state index contributed by atoms with van der Waals surface area (Å²) in [5.41, 5.74) is 12.5. The molecule has 1 amide bonds. The van der Waals surface area contributed by atoms with E-state index in [1.807, 2.05) is 18.2 Å². The van der Waals surface area contributed by atoms with Crippen molar-refractivity contribution in [3.8, 4) is 0 Å². The number of nitrogens with one attached hydrogen (secondary N) is 1. The van der Waals surface area contributed by atoms with Crippen molar-refractivity contribution in [2.75, 3.05) is 11.1 Å². The van der Waals surface area contributed by atoms with Crippen LogP contribution in [-0.2, 0) is 0 Å². The molecule has 0 saturated heterocycles. The Morgan fingerprint density at radius 1 is 1.37 bits per heavy atom. The molecule has 7 heteroatoms. The number of carbonyl (C=O) groups is 1. The van der Waals surface area contributed by atoms with Crippen LogP contribution in [0, 0.1) is 3.57 Å². The first-order valence-corrected chi connectivity index (χ1v) is 7.12. The predicted octanol–water partition coefficient (Wildman–Crippen LogP) is 2.87. The Labute approximate surface area is 132 Å². The van der Waals surface area contributed by atoms with Crippen LogP contribution in [0.3, 0.4) is 0 Å². The van der Waals surface area contributed by atoms with Gasteiger partial charge in [0, 0.05) is 13.7 Å². The first-order valence-electron chi connectivity index (χ1n) is 5.25. The molecule has 19 heavy (non-hydrogen) atoms. The number of carbonyl (C=O) groups excluding carboxylic acids is 1. The highest BCUT2D eigenvalue weighted by Gasteiger charge is 2.10. The Morgan fingerprint density at radius 2 is 2.11 bits per heavy atom. The van der Waals surface area contributed by atoms with Gasteiger partial charge in [-0.2, -0.15) is 0 Å². The second-order valence-corrected chi connectivity index (χ2v) is 5.79. The Morgan fingerprint density at radius 3 is 2.74 bits per heavy atom. The van der Waals surface area contributed by atoms with Gasteiger partial charge in [0.2, 0.25) is 0 Å². The minimum absolute atomic E-state index is 0.253. The molecule has 98 valence electrons. The van der Waals surface area contributed by atoms with Gasteiger partial charge in [-0.25, -0.2) is 4.98 Å². The van der Waals surface area contributed by atoms with Crippen molar-refractivity contribution in [3.05, 3.63) is 44.1 Å². The fourth-order valence-corrected chi connectivity index (χ4v) is 2.22. The van der Waals surface area contributed by atoms with Crippen LogP contribution in [0.1, 0.15) is 10.4 Å². The quantitative estimate of drug-likeness (QED) is 0.650. The second kappa shape index (κ2) is 5.74. The lowest BCUT2D eigenvalue weighted by molar-refractivity contribution is 0.100. The lowest BCUT2D eigenvalue weighted by atomic mass is 10.2. The molecule has 0 aliphatic rings. The number of amides is 1. The molecule has 0 bridgehead atoms. The molecule has 1 aromatic carbocycles. The number of nitrogens with zero attached hydrogens (tertiary/aromatic N) is 1. The molecule has 5 nitrogen and oxygen atoms in total. The number of halogens is 2. The molecular formula is C12H10BrIN4O. The third-order valence-corrected chi connectivity index (χ3v) is 4.73. The maximum absolute atomic E-state index is 11.4. The number of aromatic nitrogens is 1. The maximum Gasteiger partial charge on any atom is 0.251 e. The first kappa shape index (κ1) is 14.1. The molecule has 0 fully saturated rings. The molecule has 0 unspecified atom stereocenters. The Hall–Kier alpha value is -1.35. The summed E-state index contributed by atoms with van der Waals surface area (Å²) in [6, 6.07) is 7.20. The number of nitrogens with two attached hydrogens (primary N) is 2. The highest BCUT2D eigenvalue weighted by molar-refractivity contribution is 14.1. The summed E-state index contributed by atoms with van der Waals surface area (Å²) in [5, 5.41) is 3.10. The molecule has 0 saturated carbocycles. The van der Waals surface area contributed by atoms with Gasteiger partial charge < -0.3 is 16.8 Å². The number of hydrogen-bond donors (Lipinski definition) is 3. The van der Waals surface area contributed by atoms with Gasteiger partial charge in [0.1, 0.15) is 5.82 Å². The molecule has 0 aliphatic heterocycles. The first-order chi connectivity index (χ1) is 8.97. The van der Waals surface area contributed by atoms with Crippen LogP contribution in [0.25, 0.3) is 0 Å². The van der Waals surface area contributed by atoms with E-state index < -0.39 is 5.91 Å². The fourth-order valence-electron chi connectivity index (χ4n) is 1.50. The van der Waals surface area contributed by atoms with E-state index >= 15 is 0 Å². The zero-order chi connectivity index (χ0) is 14.0. The fraction of sp³-hybridized carbons (Fsp3) is 0. The highest BCUT2D eigenvalue weighted by atomic mass is 127. The van der Waals surface area contributed by atoms with Gasteiger partial charge in [-0.05, 0) is 62.8 Å². The molecule has 0 aliphatic carbocycles. The maximum atomic E-state index is 11.4. The van der Waals surface area contributed by atoms with Crippen LogP contribution >= 0.6 is 38.5 Å². The van der Waals surface area contributed by atoms with E-state index in [1.165, 1.54) is 12.3 Å². The smallest absolute Gasteiger partial charge is 0.251 e. The molecule has 2 aromatic rings. The van der Waals surface area contributed by atoms with Gasteiger partial charge in [0.25, 0.3) is 5.91 Å². The molecule has 0 radical (unpaired) electrons. The van der Waals surface area contributed by atoms with Crippen molar-refractivity contribution >= 4 is 61.6 Å². The average Bonchev–Trinajstić information content (AvgIpc) is 2.36. The number of nitrogen functional groups attached to an aromatic ring is 1. The molecule has 5 N–H and O–H groups in total. The lowest BCUT2D eigenvalue weighted by Crippen LogP contribution is -2.14. The highest BCUT2D eigenvalue weighted by Crippen LogP contribution is 2.26. The number of benzene rings is 1. The number of hydrogen-bond acceptors (Lipinski definition) is 4. The van der Waals surface area contributed by atoms with Gasteiger partial charge >= 0.3 is 0 Å². The van der Waals surface area contributed by atoms with Crippen LogP contribution < -0.4 is 16.8 Å². The normalized spacial score (nSPS) is 10.2. The minimum atomic E-state index is -0.554. The molecular weight excluding hydrogens is 423 g/mol. The summed E-state index contributed by atoms with van der Waals surface area (Å²) in [6.07, 6.45) is 1.49. The monoisotopic (exact) mass is 432 g/mol. The molecule has 2 rings (SSSR count). The van der Waals surface area contributed by atoms with E-state index in [4.69, 9.17) is 11.5 Å². The number of rotatable bonds is 3. The number of anilines is 3. The Bertz CT molecular complexity index is 648. The van der Waals surface area contributed by atoms with E-state index in [9.17, 15) is 4.79 Å². The topological polar surface area (TPSA) is 94.0 Å². The number of primary amides is 1. The summed E-state index contributed by atoms with van der Waals surface area (Å²) in [6.45, 7) is 0. The van der Waals surface area contributed by atoms with Gasteiger partial charge in [0.05, 0.1) is 17.4 Å². The van der Waals surface area contributed by atoms with Crippen LogP contribution in [0.5, 0.6) is 0 Å². The third kappa shape index (κ3) is 3.35. The van der Waals surface area contributed by atoms with Gasteiger partial charge in [0.15, 0.2) is 0 Å². The van der Waals surface area contributed by atoms with Crippen molar-refractivity contribution in [1.82, 2.24) is 4.98 Å². The second-order valence-electron chi connectivity index (χ2n) is 3.77. The van der Waals surface area contributed by atoms with E-state index in [0.29, 0.717) is 11.3 Å².